The average molecular weight is 830 g/mol. The number of nitrogens with zero attached hydrogens (tertiary/aromatic N) is 3. The fourth-order valence-corrected chi connectivity index (χ4v) is 7.97. The summed E-state index contributed by atoms with van der Waals surface area (Å²) in [5.74, 6) is -3.86. The summed E-state index contributed by atoms with van der Waals surface area (Å²) in [6.07, 6.45) is 10.5. The van der Waals surface area contributed by atoms with E-state index in [0.717, 1.165) is 37.7 Å². The first-order chi connectivity index (χ1) is 25.0. The Morgan fingerprint density at radius 3 is 2.25 bits per heavy atom. The van der Waals surface area contributed by atoms with E-state index in [1.807, 2.05) is 51.1 Å². The Kier molecular flexibility index (Phi) is 15.5. The van der Waals surface area contributed by atoms with Crippen molar-refractivity contribution < 1.29 is 28.8 Å². The first-order valence-electron chi connectivity index (χ1n) is 18.5. The third-order valence-corrected chi connectivity index (χ3v) is 11.5. The molecule has 1 aromatic carbocycles. The van der Waals surface area contributed by atoms with Crippen LogP contribution in [0.2, 0.25) is 0 Å². The molecule has 4 rings (SSSR count). The van der Waals surface area contributed by atoms with Gasteiger partial charge in [-0.2, -0.15) is 0 Å². The Bertz CT molecular complexity index is 1540. The van der Waals surface area contributed by atoms with Gasteiger partial charge in [0.05, 0.1) is 18.3 Å². The van der Waals surface area contributed by atoms with Gasteiger partial charge in [-0.25, -0.2) is 4.98 Å². The molecule has 282 valence electrons. The van der Waals surface area contributed by atoms with Gasteiger partial charge < -0.3 is 26.2 Å². The Morgan fingerprint density at radius 2 is 1.62 bits per heavy atom. The number of rotatable bonds is 16. The molecule has 2 fully saturated rings. The molecule has 1 aromatic heterocycles. The average Bonchev–Trinajstić information content (AvgIpc) is 3.56. The molecule has 2 aliphatic rings. The predicted molar refractivity (Wildman–Crippen MR) is 204 cm³/mol. The number of ketones is 1. The van der Waals surface area contributed by atoms with Gasteiger partial charge in [-0.15, -0.1) is 0 Å². The lowest BCUT2D eigenvalue weighted by Gasteiger charge is -2.35. The van der Waals surface area contributed by atoms with Crippen molar-refractivity contribution in [1.29, 1.82) is 0 Å². The molecule has 2 heterocycles. The predicted octanol–water partition coefficient (Wildman–Crippen LogP) is 3.82. The highest BCUT2D eigenvalue weighted by Crippen LogP contribution is 2.29. The second kappa shape index (κ2) is 19.8. The number of amides is 5. The van der Waals surface area contributed by atoms with Crippen molar-refractivity contribution in [1.82, 2.24) is 36.1 Å². The second-order valence-corrected chi connectivity index (χ2v) is 15.5. The summed E-state index contributed by atoms with van der Waals surface area (Å²) in [5.41, 5.74) is 0.932. The molecule has 0 spiro atoms. The summed E-state index contributed by atoms with van der Waals surface area (Å²) >= 11 is 2.15. The van der Waals surface area contributed by atoms with Gasteiger partial charge in [0.1, 0.15) is 23.8 Å². The number of alkyl halides is 1. The summed E-state index contributed by atoms with van der Waals surface area (Å²) < 4.78 is -0.264. The number of likely N-dealkylation sites (tertiary alicyclic amines) is 1. The molecule has 14 heteroatoms. The van der Waals surface area contributed by atoms with E-state index in [4.69, 9.17) is 0 Å². The number of hydrogen-bond acceptors (Lipinski definition) is 8. The molecule has 13 nitrogen and oxygen atoms in total. The van der Waals surface area contributed by atoms with Crippen molar-refractivity contribution >= 4 is 57.9 Å². The van der Waals surface area contributed by atoms with Gasteiger partial charge in [0.2, 0.25) is 23.5 Å². The van der Waals surface area contributed by atoms with Crippen molar-refractivity contribution in [2.75, 3.05) is 6.54 Å². The molecule has 1 aliphatic heterocycles. The summed E-state index contributed by atoms with van der Waals surface area (Å²) in [4.78, 5) is 91.5. The summed E-state index contributed by atoms with van der Waals surface area (Å²) in [6, 6.07) is 5.02. The number of hydrogen-bond donors (Lipinski definition) is 4. The number of halogens is 1. The Balaban J connectivity index is 1.50. The van der Waals surface area contributed by atoms with Crippen molar-refractivity contribution in [3.05, 3.63) is 60.2 Å². The van der Waals surface area contributed by atoms with Crippen molar-refractivity contribution in [2.24, 2.45) is 11.8 Å². The van der Waals surface area contributed by atoms with Crippen LogP contribution in [0.3, 0.4) is 0 Å². The topological polar surface area (TPSA) is 180 Å². The molecule has 0 radical (unpaired) electrons. The number of carbonyl (C=O) groups excluding carboxylic acids is 6. The molecule has 5 amide bonds. The van der Waals surface area contributed by atoms with Crippen LogP contribution in [0.4, 0.5) is 0 Å². The van der Waals surface area contributed by atoms with Crippen LogP contribution in [0.25, 0.3) is 0 Å². The Morgan fingerprint density at radius 1 is 0.904 bits per heavy atom. The Hall–Kier alpha value is -3.95. The smallest absolute Gasteiger partial charge is 0.290 e. The molecule has 1 aliphatic carbocycles. The van der Waals surface area contributed by atoms with Crippen LogP contribution in [0, 0.1) is 11.8 Å². The van der Waals surface area contributed by atoms with E-state index in [0.29, 0.717) is 19.3 Å². The van der Waals surface area contributed by atoms with E-state index < -0.39 is 65.5 Å². The van der Waals surface area contributed by atoms with Crippen molar-refractivity contribution in [2.45, 2.75) is 120 Å². The van der Waals surface area contributed by atoms with Crippen LogP contribution >= 0.6 is 22.6 Å². The number of carbonyl (C=O) groups is 6. The minimum atomic E-state index is -1.07. The molecular formula is C38H52IN7O6. The van der Waals surface area contributed by atoms with Gasteiger partial charge in [-0.05, 0) is 50.0 Å². The van der Waals surface area contributed by atoms with Crippen LogP contribution in [-0.4, -0.2) is 84.8 Å². The molecule has 1 saturated heterocycles. The molecule has 4 N–H and O–H groups in total. The monoisotopic (exact) mass is 829 g/mol. The lowest BCUT2D eigenvalue weighted by molar-refractivity contribution is -0.144. The van der Waals surface area contributed by atoms with Crippen LogP contribution < -0.4 is 21.3 Å². The molecular weight excluding hydrogens is 777 g/mol. The SMILES string of the molecule is CCCC(NC(=O)[C@@H]1[C@@H](I)CCN1C(=O)[C@@H](NC(=O)[C@@H](NC(=O)c1cnccn1)C1CCCCC1)C(C)CC)C(=O)C(=O)N[C@@H](C)c1ccccc1. The number of benzene rings is 1. The lowest BCUT2D eigenvalue weighted by atomic mass is 9.83. The zero-order valence-electron chi connectivity index (χ0n) is 30.5. The third-order valence-electron chi connectivity index (χ3n) is 10.2. The highest BCUT2D eigenvalue weighted by Gasteiger charge is 2.45. The third kappa shape index (κ3) is 10.6. The molecule has 2 unspecified atom stereocenters. The number of nitrogens with one attached hydrogen (secondary N) is 4. The Labute approximate surface area is 319 Å². The van der Waals surface area contributed by atoms with E-state index in [2.05, 4.69) is 53.8 Å². The number of aromatic nitrogens is 2. The van der Waals surface area contributed by atoms with Crippen LogP contribution in [0.15, 0.2) is 48.9 Å². The van der Waals surface area contributed by atoms with Gasteiger partial charge >= 0.3 is 0 Å². The van der Waals surface area contributed by atoms with Gasteiger partial charge in [0.15, 0.2) is 0 Å². The summed E-state index contributed by atoms with van der Waals surface area (Å²) in [6.45, 7) is 7.72. The van der Waals surface area contributed by atoms with Gasteiger partial charge in [-0.3, -0.25) is 33.8 Å². The van der Waals surface area contributed by atoms with E-state index in [-0.39, 0.29) is 34.4 Å². The van der Waals surface area contributed by atoms with Gasteiger partial charge in [0.25, 0.3) is 11.8 Å². The van der Waals surface area contributed by atoms with E-state index in [1.165, 1.54) is 23.5 Å². The summed E-state index contributed by atoms with van der Waals surface area (Å²) in [7, 11) is 0. The quantitative estimate of drug-likeness (QED) is 0.112. The van der Waals surface area contributed by atoms with E-state index >= 15 is 0 Å². The first-order valence-corrected chi connectivity index (χ1v) is 19.7. The highest BCUT2D eigenvalue weighted by atomic mass is 127. The van der Waals surface area contributed by atoms with E-state index in [1.54, 1.807) is 6.92 Å². The minimum Gasteiger partial charge on any atom is -0.344 e. The molecule has 7 atom stereocenters. The first kappa shape index (κ1) is 40.8. The largest absolute Gasteiger partial charge is 0.344 e. The molecule has 52 heavy (non-hydrogen) atoms. The maximum Gasteiger partial charge on any atom is 0.290 e. The van der Waals surface area contributed by atoms with Gasteiger partial charge in [0, 0.05) is 22.9 Å². The normalized spacial score (nSPS) is 20.4. The van der Waals surface area contributed by atoms with Crippen molar-refractivity contribution in [3.63, 3.8) is 0 Å². The molecule has 2 aromatic rings. The van der Waals surface area contributed by atoms with Crippen LogP contribution in [-0.2, 0) is 24.0 Å². The maximum atomic E-state index is 14.4. The molecule has 0 bridgehead atoms. The summed E-state index contributed by atoms with van der Waals surface area (Å²) in [5, 5.41) is 11.4. The second-order valence-electron chi connectivity index (χ2n) is 13.9. The van der Waals surface area contributed by atoms with E-state index in [9.17, 15) is 28.8 Å². The lowest BCUT2D eigenvalue weighted by Crippen LogP contribution is -2.61. The van der Waals surface area contributed by atoms with Crippen LogP contribution in [0.5, 0.6) is 0 Å². The zero-order chi connectivity index (χ0) is 37.8. The van der Waals surface area contributed by atoms with Crippen molar-refractivity contribution in [3.8, 4) is 0 Å². The zero-order valence-corrected chi connectivity index (χ0v) is 32.6. The maximum absolute atomic E-state index is 14.4. The van der Waals surface area contributed by atoms with Crippen LogP contribution in [0.1, 0.15) is 108 Å². The standard InChI is InChI=1S/C38H52IN7O6/c1-5-13-28(33(47)37(51)42-24(4)25-14-9-7-10-15-25)43-36(50)32-27(39)18-21-46(32)38(52)30(23(3)6-2)44-35(49)31(26-16-11-8-12-17-26)45-34(48)29-22-40-19-20-41-29/h7,9-10,14-15,19-20,22-24,26-28,30-32H,5-6,8,11-13,16-18,21H2,1-4H3,(H,42,51)(H,43,50)(H,44,49)(H,45,48)/t23?,24-,27-,28?,30-,31-,32-/m0/s1. The van der Waals surface area contributed by atoms with Gasteiger partial charge in [-0.1, -0.05) is 106 Å². The highest BCUT2D eigenvalue weighted by molar-refractivity contribution is 14.1. The fraction of sp³-hybridized carbons (Fsp3) is 0.579. The molecule has 1 saturated carbocycles. The fourth-order valence-electron chi connectivity index (χ4n) is 6.97. The minimum absolute atomic E-state index is 0.0905. The number of Topliss-reactive ketones (excluding diaryl/α,β-unsaturated/α-hetero) is 1.